The molecule has 0 amide bonds. The molecule has 0 spiro atoms. The van der Waals surface area contributed by atoms with Crippen molar-refractivity contribution in [1.82, 2.24) is 9.97 Å². The first-order valence-electron chi connectivity index (χ1n) is 7.57. The Morgan fingerprint density at radius 3 is 1.50 bits per heavy atom. The maximum Gasteiger partial charge on any atom is 0.0462 e. The topological polar surface area (TPSA) is 31.6 Å². The molecule has 22 heavy (non-hydrogen) atoms. The Balaban J connectivity index is 1.86. The minimum atomic E-state index is 1.19. The highest BCUT2D eigenvalue weighted by molar-refractivity contribution is 5.97. The molecule has 0 fully saturated rings. The summed E-state index contributed by atoms with van der Waals surface area (Å²) in [6, 6.07) is 16.9. The maximum atomic E-state index is 3.45. The molecule has 2 nitrogen and oxygen atoms in total. The number of aromatic amines is 2. The quantitative estimate of drug-likeness (QED) is 0.492. The van der Waals surface area contributed by atoms with Gasteiger partial charge in [0, 0.05) is 44.3 Å². The van der Waals surface area contributed by atoms with Crippen LogP contribution in [0.15, 0.2) is 48.5 Å². The average Bonchev–Trinajstić information content (AvgIpc) is 3.01. The lowest BCUT2D eigenvalue weighted by molar-refractivity contribution is 1.29. The number of nitrogens with one attached hydrogen (secondary N) is 2. The Labute approximate surface area is 129 Å². The third-order valence-corrected chi connectivity index (χ3v) is 4.30. The highest BCUT2D eigenvalue weighted by Gasteiger charge is 2.07. The van der Waals surface area contributed by atoms with E-state index in [1.54, 1.807) is 0 Å². The van der Waals surface area contributed by atoms with Crippen LogP contribution in [0.25, 0.3) is 34.0 Å². The molecular formula is C20H18N2. The van der Waals surface area contributed by atoms with E-state index < -0.39 is 0 Å². The second-order valence-electron chi connectivity index (χ2n) is 5.75. The highest BCUT2D eigenvalue weighted by atomic mass is 14.7. The molecule has 0 aliphatic heterocycles. The van der Waals surface area contributed by atoms with Gasteiger partial charge >= 0.3 is 0 Å². The summed E-state index contributed by atoms with van der Waals surface area (Å²) in [4.78, 5) is 6.90. The first-order valence-corrected chi connectivity index (χ1v) is 7.57. The third-order valence-electron chi connectivity index (χ3n) is 4.30. The molecule has 0 bridgehead atoms. The number of H-pyrrole nitrogens is 2. The van der Waals surface area contributed by atoms with Gasteiger partial charge in [0.05, 0.1) is 0 Å². The fraction of sp³-hybridized carbons (Fsp3) is 0.100. The highest BCUT2D eigenvalue weighted by Crippen LogP contribution is 2.27. The lowest BCUT2D eigenvalue weighted by Crippen LogP contribution is -1.77. The van der Waals surface area contributed by atoms with E-state index in [1.165, 1.54) is 44.3 Å². The number of benzene rings is 2. The summed E-state index contributed by atoms with van der Waals surface area (Å²) < 4.78 is 0. The first-order chi connectivity index (χ1) is 10.7. The zero-order valence-electron chi connectivity index (χ0n) is 12.8. The number of hydrogen-bond acceptors (Lipinski definition) is 0. The van der Waals surface area contributed by atoms with Gasteiger partial charge in [-0.15, -0.1) is 0 Å². The van der Waals surface area contributed by atoms with Gasteiger partial charge < -0.3 is 9.97 Å². The van der Waals surface area contributed by atoms with Crippen molar-refractivity contribution < 1.29 is 0 Å². The fourth-order valence-corrected chi connectivity index (χ4v) is 3.19. The van der Waals surface area contributed by atoms with Crippen molar-refractivity contribution >= 4 is 34.0 Å². The number of aryl methyl sites for hydroxylation is 2. The normalized spacial score (nSPS) is 11.9. The molecule has 2 heteroatoms. The molecule has 4 rings (SSSR count). The van der Waals surface area contributed by atoms with Crippen LogP contribution < -0.4 is 0 Å². The molecule has 0 atom stereocenters. The van der Waals surface area contributed by atoms with Gasteiger partial charge in [-0.3, -0.25) is 0 Å². The van der Waals surface area contributed by atoms with Crippen molar-refractivity contribution in [3.8, 4) is 0 Å². The lowest BCUT2D eigenvalue weighted by atomic mass is 10.1. The van der Waals surface area contributed by atoms with E-state index in [9.17, 15) is 0 Å². The van der Waals surface area contributed by atoms with Gasteiger partial charge in [-0.05, 0) is 26.0 Å². The number of hydrogen-bond donors (Lipinski definition) is 2. The van der Waals surface area contributed by atoms with Crippen LogP contribution in [0.5, 0.6) is 0 Å². The molecule has 2 N–H and O–H groups in total. The summed E-state index contributed by atoms with van der Waals surface area (Å²) in [5.74, 6) is 0. The second-order valence-corrected chi connectivity index (χ2v) is 5.75. The molecule has 0 saturated carbocycles. The van der Waals surface area contributed by atoms with E-state index in [1.807, 2.05) is 0 Å². The largest absolute Gasteiger partial charge is 0.358 e. The van der Waals surface area contributed by atoms with Crippen LogP contribution in [0.2, 0.25) is 0 Å². The SMILES string of the molecule is Cc1[nH]c2ccccc2c1/C=C/c1c(C)[nH]c2ccccc12. The van der Waals surface area contributed by atoms with Crippen LogP contribution in [-0.2, 0) is 0 Å². The van der Waals surface area contributed by atoms with Crippen molar-refractivity contribution in [3.05, 3.63) is 71.0 Å². The van der Waals surface area contributed by atoms with E-state index in [0.29, 0.717) is 0 Å². The predicted octanol–water partition coefficient (Wildman–Crippen LogP) is 5.44. The zero-order valence-corrected chi connectivity index (χ0v) is 12.8. The van der Waals surface area contributed by atoms with Crippen LogP contribution in [0.3, 0.4) is 0 Å². The summed E-state index contributed by atoms with van der Waals surface area (Å²) in [6.07, 6.45) is 4.44. The number of aromatic nitrogens is 2. The molecule has 4 aromatic rings. The van der Waals surface area contributed by atoms with E-state index in [2.05, 4.69) is 84.5 Å². The molecule has 108 valence electrons. The summed E-state index contributed by atoms with van der Waals surface area (Å²) >= 11 is 0. The Morgan fingerprint density at radius 1 is 0.636 bits per heavy atom. The van der Waals surface area contributed by atoms with Gasteiger partial charge in [-0.2, -0.15) is 0 Å². The standard InChI is InChI=1S/C20H18N2/c1-13-15(17-7-3-5-9-19(17)21-13)11-12-16-14(2)22-20-10-6-4-8-18(16)20/h3-12,21-22H,1-2H3/b12-11+. The molecule has 2 aromatic heterocycles. The Hall–Kier alpha value is -2.74. The molecule has 2 heterocycles. The van der Waals surface area contributed by atoms with Crippen LogP contribution in [0.1, 0.15) is 22.5 Å². The minimum absolute atomic E-state index is 1.19. The fourth-order valence-electron chi connectivity index (χ4n) is 3.19. The van der Waals surface area contributed by atoms with Crippen LogP contribution >= 0.6 is 0 Å². The Bertz CT molecular complexity index is 917. The minimum Gasteiger partial charge on any atom is -0.358 e. The molecule has 0 saturated heterocycles. The van der Waals surface area contributed by atoms with Crippen LogP contribution in [-0.4, -0.2) is 9.97 Å². The number of rotatable bonds is 2. The zero-order chi connectivity index (χ0) is 15.1. The smallest absolute Gasteiger partial charge is 0.0462 e. The summed E-state index contributed by atoms with van der Waals surface area (Å²) in [6.45, 7) is 4.25. The van der Waals surface area contributed by atoms with Crippen molar-refractivity contribution in [3.63, 3.8) is 0 Å². The van der Waals surface area contributed by atoms with Gasteiger partial charge in [0.2, 0.25) is 0 Å². The molecule has 2 aromatic carbocycles. The van der Waals surface area contributed by atoms with E-state index >= 15 is 0 Å². The van der Waals surface area contributed by atoms with Crippen molar-refractivity contribution in [2.24, 2.45) is 0 Å². The van der Waals surface area contributed by atoms with Gasteiger partial charge in [0.25, 0.3) is 0 Å². The Kier molecular flexibility index (Phi) is 2.90. The molecule has 0 unspecified atom stereocenters. The van der Waals surface area contributed by atoms with Crippen molar-refractivity contribution in [2.75, 3.05) is 0 Å². The van der Waals surface area contributed by atoms with Crippen molar-refractivity contribution in [2.45, 2.75) is 13.8 Å². The van der Waals surface area contributed by atoms with E-state index in [4.69, 9.17) is 0 Å². The van der Waals surface area contributed by atoms with Gasteiger partial charge in [-0.1, -0.05) is 48.6 Å². The third kappa shape index (κ3) is 1.96. The Morgan fingerprint density at radius 2 is 1.05 bits per heavy atom. The van der Waals surface area contributed by atoms with E-state index in [-0.39, 0.29) is 0 Å². The summed E-state index contributed by atoms with van der Waals surface area (Å²) in [5.41, 5.74) is 7.32. The molecule has 0 aliphatic rings. The van der Waals surface area contributed by atoms with Crippen LogP contribution in [0.4, 0.5) is 0 Å². The predicted molar refractivity (Wildman–Crippen MR) is 95.0 cm³/mol. The van der Waals surface area contributed by atoms with Crippen LogP contribution in [0, 0.1) is 13.8 Å². The summed E-state index contributed by atoms with van der Waals surface area (Å²) in [7, 11) is 0. The molecule has 0 radical (unpaired) electrons. The van der Waals surface area contributed by atoms with Gasteiger partial charge in [0.15, 0.2) is 0 Å². The lowest BCUT2D eigenvalue weighted by Gasteiger charge is -1.96. The second kappa shape index (κ2) is 4.92. The maximum absolute atomic E-state index is 3.45. The van der Waals surface area contributed by atoms with Crippen molar-refractivity contribution in [1.29, 1.82) is 0 Å². The van der Waals surface area contributed by atoms with Gasteiger partial charge in [-0.25, -0.2) is 0 Å². The number of para-hydroxylation sites is 2. The van der Waals surface area contributed by atoms with E-state index in [0.717, 1.165) is 0 Å². The molecule has 0 aliphatic carbocycles. The average molecular weight is 286 g/mol. The molecular weight excluding hydrogens is 268 g/mol. The monoisotopic (exact) mass is 286 g/mol. The summed E-state index contributed by atoms with van der Waals surface area (Å²) in [5, 5.41) is 2.54. The van der Waals surface area contributed by atoms with Gasteiger partial charge in [0.1, 0.15) is 0 Å². The first kappa shape index (κ1) is 13.0. The number of fused-ring (bicyclic) bond motifs is 2.